The van der Waals surface area contributed by atoms with Crippen LogP contribution in [0, 0.1) is 6.92 Å². The SMILES string of the molecule is CC[C@@H](C(=O)NC(C)(C)C)N(CCc1ccccc1)C(=O)CN(c1cc(Cl)ccc1C)S(C)(=O)=O. The number of sulfonamides is 1. The molecule has 2 amide bonds. The number of hydrogen-bond acceptors (Lipinski definition) is 4. The Morgan fingerprint density at radius 2 is 1.71 bits per heavy atom. The largest absolute Gasteiger partial charge is 0.350 e. The molecule has 0 aliphatic rings. The Labute approximate surface area is 214 Å². The van der Waals surface area contributed by atoms with E-state index in [1.807, 2.05) is 58.0 Å². The molecule has 2 aromatic carbocycles. The first-order valence-corrected chi connectivity index (χ1v) is 13.8. The van der Waals surface area contributed by atoms with E-state index in [-0.39, 0.29) is 12.5 Å². The summed E-state index contributed by atoms with van der Waals surface area (Å²) in [5.74, 6) is -0.729. The molecule has 0 aromatic heterocycles. The van der Waals surface area contributed by atoms with Crippen LogP contribution in [0.2, 0.25) is 5.02 Å². The lowest BCUT2D eigenvalue weighted by Crippen LogP contribution is -2.56. The first-order valence-electron chi connectivity index (χ1n) is 11.6. The number of hydrogen-bond donors (Lipinski definition) is 1. The van der Waals surface area contributed by atoms with Crippen LogP contribution >= 0.6 is 11.6 Å². The molecule has 1 atom stereocenters. The van der Waals surface area contributed by atoms with Gasteiger partial charge in [-0.15, -0.1) is 0 Å². The van der Waals surface area contributed by atoms with Gasteiger partial charge in [0, 0.05) is 17.1 Å². The molecule has 0 saturated heterocycles. The van der Waals surface area contributed by atoms with Crippen molar-refractivity contribution in [3.63, 3.8) is 0 Å². The molecule has 0 bridgehead atoms. The zero-order chi connectivity index (χ0) is 26.4. The second-order valence-electron chi connectivity index (χ2n) is 9.69. The fraction of sp³-hybridized carbons (Fsp3) is 0.462. The minimum absolute atomic E-state index is 0.269. The molecule has 0 aliphatic carbocycles. The van der Waals surface area contributed by atoms with Crippen molar-refractivity contribution in [3.05, 3.63) is 64.7 Å². The van der Waals surface area contributed by atoms with Crippen LogP contribution in [0.5, 0.6) is 0 Å². The highest BCUT2D eigenvalue weighted by molar-refractivity contribution is 7.92. The Morgan fingerprint density at radius 3 is 2.26 bits per heavy atom. The second kappa shape index (κ2) is 11.9. The normalized spacial score (nSPS) is 12.7. The fourth-order valence-corrected chi connectivity index (χ4v) is 4.86. The second-order valence-corrected chi connectivity index (χ2v) is 12.0. The Balaban J connectivity index is 2.42. The summed E-state index contributed by atoms with van der Waals surface area (Å²) >= 11 is 6.13. The van der Waals surface area contributed by atoms with E-state index in [4.69, 9.17) is 11.6 Å². The highest BCUT2D eigenvalue weighted by Crippen LogP contribution is 2.26. The topological polar surface area (TPSA) is 86.8 Å². The minimum Gasteiger partial charge on any atom is -0.350 e. The van der Waals surface area contributed by atoms with Crippen molar-refractivity contribution in [1.29, 1.82) is 0 Å². The molecule has 0 fully saturated rings. The molecule has 35 heavy (non-hydrogen) atoms. The zero-order valence-corrected chi connectivity index (χ0v) is 22.9. The zero-order valence-electron chi connectivity index (χ0n) is 21.3. The van der Waals surface area contributed by atoms with Crippen molar-refractivity contribution in [2.45, 2.75) is 59.0 Å². The van der Waals surface area contributed by atoms with Gasteiger partial charge in [0.05, 0.1) is 11.9 Å². The molecular weight excluding hydrogens is 486 g/mol. The van der Waals surface area contributed by atoms with E-state index in [0.717, 1.165) is 16.1 Å². The number of aryl methyl sites for hydroxylation is 1. The average molecular weight is 522 g/mol. The summed E-state index contributed by atoms with van der Waals surface area (Å²) in [5.41, 5.74) is 1.54. The van der Waals surface area contributed by atoms with Crippen molar-refractivity contribution in [1.82, 2.24) is 10.2 Å². The number of carbonyl (C=O) groups is 2. The molecule has 0 aliphatic heterocycles. The predicted octanol–water partition coefficient (Wildman–Crippen LogP) is 4.18. The van der Waals surface area contributed by atoms with Crippen LogP contribution in [0.15, 0.2) is 48.5 Å². The van der Waals surface area contributed by atoms with Crippen molar-refractivity contribution < 1.29 is 18.0 Å². The van der Waals surface area contributed by atoms with E-state index < -0.39 is 34.1 Å². The Kier molecular flexibility index (Phi) is 9.75. The number of amides is 2. The Bertz CT molecular complexity index is 1130. The number of carbonyl (C=O) groups excluding carboxylic acids is 2. The van der Waals surface area contributed by atoms with E-state index in [1.54, 1.807) is 19.1 Å². The summed E-state index contributed by atoms with van der Waals surface area (Å²) < 4.78 is 26.5. The highest BCUT2D eigenvalue weighted by atomic mass is 35.5. The maximum absolute atomic E-state index is 13.7. The average Bonchev–Trinajstić information content (AvgIpc) is 2.75. The van der Waals surface area contributed by atoms with Gasteiger partial charge in [-0.25, -0.2) is 8.42 Å². The van der Waals surface area contributed by atoms with Gasteiger partial charge in [-0.2, -0.15) is 0 Å². The molecule has 1 N–H and O–H groups in total. The lowest BCUT2D eigenvalue weighted by molar-refractivity contribution is -0.140. The van der Waals surface area contributed by atoms with Gasteiger partial charge in [0.25, 0.3) is 0 Å². The number of halogens is 1. The van der Waals surface area contributed by atoms with Crippen LogP contribution in [-0.4, -0.2) is 56.1 Å². The molecule has 7 nitrogen and oxygen atoms in total. The maximum Gasteiger partial charge on any atom is 0.244 e. The van der Waals surface area contributed by atoms with Crippen LogP contribution < -0.4 is 9.62 Å². The monoisotopic (exact) mass is 521 g/mol. The number of nitrogens with zero attached hydrogens (tertiary/aromatic N) is 2. The van der Waals surface area contributed by atoms with Crippen LogP contribution in [0.25, 0.3) is 0 Å². The van der Waals surface area contributed by atoms with Gasteiger partial charge in [0.1, 0.15) is 12.6 Å². The fourth-order valence-electron chi connectivity index (χ4n) is 3.79. The summed E-state index contributed by atoms with van der Waals surface area (Å²) in [5, 5.41) is 3.32. The summed E-state index contributed by atoms with van der Waals surface area (Å²) in [6, 6.07) is 13.8. The van der Waals surface area contributed by atoms with Gasteiger partial charge in [-0.1, -0.05) is 54.9 Å². The predicted molar refractivity (Wildman–Crippen MR) is 142 cm³/mol. The van der Waals surface area contributed by atoms with Crippen molar-refractivity contribution in [2.75, 3.05) is 23.7 Å². The summed E-state index contributed by atoms with van der Waals surface area (Å²) in [6.07, 6.45) is 1.97. The van der Waals surface area contributed by atoms with E-state index in [9.17, 15) is 18.0 Å². The van der Waals surface area contributed by atoms with Gasteiger partial charge in [0.2, 0.25) is 21.8 Å². The summed E-state index contributed by atoms with van der Waals surface area (Å²) in [6.45, 7) is 9.06. The molecule has 0 spiro atoms. The third-order valence-electron chi connectivity index (χ3n) is 5.49. The molecular formula is C26H36ClN3O4S. The molecule has 9 heteroatoms. The van der Waals surface area contributed by atoms with Crippen molar-refractivity contribution in [3.8, 4) is 0 Å². The van der Waals surface area contributed by atoms with E-state index in [0.29, 0.717) is 29.1 Å². The van der Waals surface area contributed by atoms with Gasteiger partial charge in [0.15, 0.2) is 0 Å². The summed E-state index contributed by atoms with van der Waals surface area (Å²) in [4.78, 5) is 28.3. The smallest absolute Gasteiger partial charge is 0.244 e. The van der Waals surface area contributed by atoms with Crippen LogP contribution in [-0.2, 0) is 26.0 Å². The highest BCUT2D eigenvalue weighted by Gasteiger charge is 2.33. The first-order chi connectivity index (χ1) is 16.2. The minimum atomic E-state index is -3.81. The van der Waals surface area contributed by atoms with Crippen LogP contribution in [0.1, 0.15) is 45.2 Å². The standard InChI is InChI=1S/C26H36ClN3O4S/c1-7-22(25(32)28-26(3,4)5)29(16-15-20-11-9-8-10-12-20)24(31)18-30(35(6,33)34)23-17-21(27)14-13-19(23)2/h8-14,17,22H,7,15-16,18H2,1-6H3,(H,28,32)/t22-/m0/s1. The first kappa shape index (κ1) is 28.7. The Morgan fingerprint density at radius 1 is 1.09 bits per heavy atom. The Hall–Kier alpha value is -2.58. The number of benzene rings is 2. The van der Waals surface area contributed by atoms with Crippen molar-refractivity contribution in [2.24, 2.45) is 0 Å². The van der Waals surface area contributed by atoms with Crippen molar-refractivity contribution >= 4 is 39.1 Å². The molecule has 0 radical (unpaired) electrons. The van der Waals surface area contributed by atoms with E-state index in [1.165, 1.54) is 11.0 Å². The van der Waals surface area contributed by atoms with Gasteiger partial charge in [-0.05, 0) is 63.8 Å². The molecule has 0 unspecified atom stereocenters. The number of rotatable bonds is 10. The number of anilines is 1. The van der Waals surface area contributed by atoms with Gasteiger partial charge < -0.3 is 10.2 Å². The molecule has 2 aromatic rings. The van der Waals surface area contributed by atoms with E-state index in [2.05, 4.69) is 5.32 Å². The van der Waals surface area contributed by atoms with E-state index >= 15 is 0 Å². The number of nitrogens with one attached hydrogen (secondary N) is 1. The van der Waals surface area contributed by atoms with Crippen LogP contribution in [0.3, 0.4) is 0 Å². The molecule has 0 heterocycles. The summed E-state index contributed by atoms with van der Waals surface area (Å²) in [7, 11) is -3.81. The van der Waals surface area contributed by atoms with Crippen LogP contribution in [0.4, 0.5) is 5.69 Å². The lowest BCUT2D eigenvalue weighted by Gasteiger charge is -2.34. The lowest BCUT2D eigenvalue weighted by atomic mass is 10.1. The maximum atomic E-state index is 13.7. The van der Waals surface area contributed by atoms with Gasteiger partial charge >= 0.3 is 0 Å². The molecule has 2 rings (SSSR count). The van der Waals surface area contributed by atoms with Gasteiger partial charge in [-0.3, -0.25) is 13.9 Å². The molecule has 0 saturated carbocycles. The third kappa shape index (κ3) is 8.54. The molecule has 192 valence electrons. The third-order valence-corrected chi connectivity index (χ3v) is 6.85. The quantitative estimate of drug-likeness (QED) is 0.508.